The van der Waals surface area contributed by atoms with Crippen LogP contribution in [0.25, 0.3) is 0 Å². The van der Waals surface area contributed by atoms with Crippen molar-refractivity contribution in [2.75, 3.05) is 36.0 Å². The fourth-order valence-corrected chi connectivity index (χ4v) is 3.15. The van der Waals surface area contributed by atoms with E-state index >= 15 is 0 Å². The lowest BCUT2D eigenvalue weighted by Crippen LogP contribution is -2.46. The number of rotatable bonds is 6. The number of carbonyl (C=O) groups excluding carboxylic acids is 1. The fraction of sp³-hybridized carbons (Fsp3) is 0.400. The first-order valence-corrected chi connectivity index (χ1v) is 9.24. The predicted molar refractivity (Wildman–Crippen MR) is 105 cm³/mol. The molecule has 144 valence electrons. The third-order valence-electron chi connectivity index (χ3n) is 4.60. The quantitative estimate of drug-likeness (QED) is 0.811. The smallest absolute Gasteiger partial charge is 0.221 e. The highest BCUT2D eigenvalue weighted by Gasteiger charge is 2.18. The molecule has 1 aromatic carbocycles. The molecule has 0 radical (unpaired) electrons. The third kappa shape index (κ3) is 5.40. The number of piperazine rings is 1. The van der Waals surface area contributed by atoms with Crippen molar-refractivity contribution in [1.29, 1.82) is 0 Å². The van der Waals surface area contributed by atoms with Gasteiger partial charge in [0, 0.05) is 57.1 Å². The third-order valence-corrected chi connectivity index (χ3v) is 4.60. The standard InChI is InChI=1S/C20H26FN5O/c1-15(22)12-20(27)24-14-16-6-7-23-19(13-16)26-10-8-25(9-11-26)18-4-2-17(21)3-5-18/h2-7,13,15H,8-12,14,22H2,1H3,(H,24,27). The van der Waals surface area contributed by atoms with Crippen LogP contribution in [0.15, 0.2) is 42.6 Å². The maximum Gasteiger partial charge on any atom is 0.221 e. The van der Waals surface area contributed by atoms with Crippen molar-refractivity contribution >= 4 is 17.4 Å². The van der Waals surface area contributed by atoms with Gasteiger partial charge < -0.3 is 20.9 Å². The predicted octanol–water partition coefficient (Wildman–Crippen LogP) is 1.90. The van der Waals surface area contributed by atoms with Gasteiger partial charge in [-0.2, -0.15) is 0 Å². The second-order valence-corrected chi connectivity index (χ2v) is 6.93. The Morgan fingerprint density at radius 3 is 2.52 bits per heavy atom. The van der Waals surface area contributed by atoms with Crippen molar-refractivity contribution < 1.29 is 9.18 Å². The molecule has 0 bridgehead atoms. The van der Waals surface area contributed by atoms with Gasteiger partial charge in [-0.15, -0.1) is 0 Å². The normalized spacial score (nSPS) is 15.5. The molecule has 27 heavy (non-hydrogen) atoms. The van der Waals surface area contributed by atoms with Crippen LogP contribution in [0.4, 0.5) is 15.9 Å². The molecule has 7 heteroatoms. The minimum Gasteiger partial charge on any atom is -0.368 e. The average Bonchev–Trinajstić information content (AvgIpc) is 2.67. The van der Waals surface area contributed by atoms with Crippen molar-refractivity contribution in [1.82, 2.24) is 10.3 Å². The lowest BCUT2D eigenvalue weighted by Gasteiger charge is -2.36. The maximum atomic E-state index is 13.1. The summed E-state index contributed by atoms with van der Waals surface area (Å²) in [5.41, 5.74) is 7.69. The zero-order valence-electron chi connectivity index (χ0n) is 15.6. The lowest BCUT2D eigenvalue weighted by molar-refractivity contribution is -0.121. The Labute approximate surface area is 159 Å². The van der Waals surface area contributed by atoms with Gasteiger partial charge >= 0.3 is 0 Å². The summed E-state index contributed by atoms with van der Waals surface area (Å²) in [6.07, 6.45) is 2.10. The Morgan fingerprint density at radius 2 is 1.85 bits per heavy atom. The van der Waals surface area contributed by atoms with Gasteiger partial charge in [-0.3, -0.25) is 4.79 Å². The van der Waals surface area contributed by atoms with Gasteiger partial charge in [0.15, 0.2) is 0 Å². The van der Waals surface area contributed by atoms with Gasteiger partial charge in [0.1, 0.15) is 11.6 Å². The van der Waals surface area contributed by atoms with Crippen molar-refractivity contribution in [2.24, 2.45) is 5.73 Å². The summed E-state index contributed by atoms with van der Waals surface area (Å²) >= 11 is 0. The van der Waals surface area contributed by atoms with E-state index in [0.29, 0.717) is 13.0 Å². The first-order valence-electron chi connectivity index (χ1n) is 9.24. The molecular formula is C20H26FN5O. The number of aromatic nitrogens is 1. The Kier molecular flexibility index (Phi) is 6.24. The first kappa shape index (κ1) is 19.1. The summed E-state index contributed by atoms with van der Waals surface area (Å²) < 4.78 is 13.1. The zero-order chi connectivity index (χ0) is 19.2. The molecule has 1 unspecified atom stereocenters. The maximum absolute atomic E-state index is 13.1. The van der Waals surface area contributed by atoms with Crippen molar-refractivity contribution in [3.8, 4) is 0 Å². The molecule has 3 N–H and O–H groups in total. The summed E-state index contributed by atoms with van der Waals surface area (Å²) in [4.78, 5) is 20.7. The SMILES string of the molecule is CC(N)CC(=O)NCc1ccnc(N2CCN(c3ccc(F)cc3)CC2)c1. The summed E-state index contributed by atoms with van der Waals surface area (Å²) in [5, 5.41) is 2.89. The van der Waals surface area contributed by atoms with E-state index < -0.39 is 0 Å². The number of halogens is 1. The Balaban J connectivity index is 1.55. The van der Waals surface area contributed by atoms with E-state index in [4.69, 9.17) is 5.73 Å². The molecule has 1 amide bonds. The Morgan fingerprint density at radius 1 is 1.19 bits per heavy atom. The van der Waals surface area contributed by atoms with Crippen LogP contribution in [0.2, 0.25) is 0 Å². The van der Waals surface area contributed by atoms with Crippen molar-refractivity contribution in [2.45, 2.75) is 25.9 Å². The van der Waals surface area contributed by atoms with Crippen molar-refractivity contribution in [3.05, 3.63) is 54.0 Å². The minimum absolute atomic E-state index is 0.0451. The number of anilines is 2. The van der Waals surface area contributed by atoms with E-state index in [1.165, 1.54) is 12.1 Å². The van der Waals surface area contributed by atoms with Crippen LogP contribution in [0.3, 0.4) is 0 Å². The molecular weight excluding hydrogens is 345 g/mol. The van der Waals surface area contributed by atoms with Crippen LogP contribution in [0, 0.1) is 5.82 Å². The van der Waals surface area contributed by atoms with E-state index in [-0.39, 0.29) is 17.8 Å². The average molecular weight is 371 g/mol. The second kappa shape index (κ2) is 8.81. The van der Waals surface area contributed by atoms with Gasteiger partial charge in [0.25, 0.3) is 0 Å². The number of carbonyl (C=O) groups is 1. The molecule has 6 nitrogen and oxygen atoms in total. The molecule has 0 saturated carbocycles. The molecule has 1 atom stereocenters. The van der Waals surface area contributed by atoms with E-state index in [1.807, 2.05) is 31.2 Å². The Bertz CT molecular complexity index is 757. The van der Waals surface area contributed by atoms with Crippen LogP contribution in [-0.2, 0) is 11.3 Å². The molecule has 1 saturated heterocycles. The van der Waals surface area contributed by atoms with Crippen LogP contribution in [-0.4, -0.2) is 43.1 Å². The molecule has 1 aliphatic rings. The van der Waals surface area contributed by atoms with E-state index in [1.54, 1.807) is 6.20 Å². The molecule has 1 aliphatic heterocycles. The van der Waals surface area contributed by atoms with Crippen LogP contribution >= 0.6 is 0 Å². The topological polar surface area (TPSA) is 74.5 Å². The molecule has 0 aliphatic carbocycles. The van der Waals surface area contributed by atoms with Crippen molar-refractivity contribution in [3.63, 3.8) is 0 Å². The summed E-state index contributed by atoms with van der Waals surface area (Å²) in [6.45, 7) is 5.66. The van der Waals surface area contributed by atoms with Gasteiger partial charge in [0.05, 0.1) is 0 Å². The first-order chi connectivity index (χ1) is 13.0. The van der Waals surface area contributed by atoms with E-state index in [0.717, 1.165) is 43.2 Å². The summed E-state index contributed by atoms with van der Waals surface area (Å²) in [7, 11) is 0. The highest BCUT2D eigenvalue weighted by atomic mass is 19.1. The van der Waals surface area contributed by atoms with Gasteiger partial charge in [0.2, 0.25) is 5.91 Å². The summed E-state index contributed by atoms with van der Waals surface area (Å²) in [5.74, 6) is 0.649. The highest BCUT2D eigenvalue weighted by Crippen LogP contribution is 2.20. The molecule has 1 fully saturated rings. The second-order valence-electron chi connectivity index (χ2n) is 6.93. The lowest BCUT2D eigenvalue weighted by atomic mass is 10.2. The van der Waals surface area contributed by atoms with Crippen LogP contribution in [0.5, 0.6) is 0 Å². The summed E-state index contributed by atoms with van der Waals surface area (Å²) in [6, 6.07) is 10.4. The van der Waals surface area contributed by atoms with Gasteiger partial charge in [-0.25, -0.2) is 9.37 Å². The zero-order valence-corrected chi connectivity index (χ0v) is 15.6. The number of hydrogen-bond donors (Lipinski definition) is 2. The van der Waals surface area contributed by atoms with Gasteiger partial charge in [-0.05, 0) is 48.9 Å². The van der Waals surface area contributed by atoms with Crippen LogP contribution in [0.1, 0.15) is 18.9 Å². The molecule has 1 aromatic heterocycles. The largest absolute Gasteiger partial charge is 0.368 e. The number of amides is 1. The number of benzene rings is 1. The fourth-order valence-electron chi connectivity index (χ4n) is 3.15. The minimum atomic E-state index is -0.216. The number of pyridine rings is 1. The monoisotopic (exact) mass is 371 g/mol. The molecule has 2 aromatic rings. The van der Waals surface area contributed by atoms with E-state index in [2.05, 4.69) is 20.1 Å². The molecule has 3 rings (SSSR count). The van der Waals surface area contributed by atoms with Gasteiger partial charge in [-0.1, -0.05) is 0 Å². The van der Waals surface area contributed by atoms with Crippen LogP contribution < -0.4 is 20.9 Å². The van der Waals surface area contributed by atoms with E-state index in [9.17, 15) is 9.18 Å². The number of nitrogens with zero attached hydrogens (tertiary/aromatic N) is 3. The molecule has 0 spiro atoms. The number of nitrogens with one attached hydrogen (secondary N) is 1. The number of hydrogen-bond acceptors (Lipinski definition) is 5. The highest BCUT2D eigenvalue weighted by molar-refractivity contribution is 5.76. The molecule has 2 heterocycles. The Hall–Kier alpha value is -2.67. The number of nitrogens with two attached hydrogens (primary N) is 1.